The molecule has 1 N–H and O–H groups in total. The van der Waals surface area contributed by atoms with Gasteiger partial charge in [-0.25, -0.2) is 4.98 Å². The van der Waals surface area contributed by atoms with Gasteiger partial charge in [-0.3, -0.25) is 10.1 Å². The summed E-state index contributed by atoms with van der Waals surface area (Å²) in [6, 6.07) is 7.62. The Hall–Kier alpha value is -2.41. The topological polar surface area (TPSA) is 72.8 Å². The van der Waals surface area contributed by atoms with Crippen molar-refractivity contribution in [3.8, 4) is 5.75 Å². The summed E-state index contributed by atoms with van der Waals surface area (Å²) in [5.74, 6) is 3.25. The summed E-state index contributed by atoms with van der Waals surface area (Å²) < 4.78 is 5.20. The Morgan fingerprint density at radius 1 is 1.13 bits per heavy atom. The minimum Gasteiger partial charge on any atom is -0.497 e. The molecular weight excluding hydrogens is 410 g/mol. The van der Waals surface area contributed by atoms with E-state index >= 15 is 0 Å². The average Bonchev–Trinajstić information content (AvgIpc) is 3.43. The molecule has 1 atom stereocenters. The first-order chi connectivity index (χ1) is 15.1. The number of aromatic nitrogens is 1. The van der Waals surface area contributed by atoms with Crippen LogP contribution in [-0.4, -0.2) is 29.8 Å². The number of amides is 1. The largest absolute Gasteiger partial charge is 0.497 e. The lowest BCUT2D eigenvalue weighted by atomic mass is 9.49. The van der Waals surface area contributed by atoms with Gasteiger partial charge in [0.1, 0.15) is 5.75 Å². The Morgan fingerprint density at radius 3 is 2.45 bits per heavy atom. The number of nitrogens with zero attached hydrogens (tertiary/aromatic N) is 2. The van der Waals surface area contributed by atoms with Crippen LogP contribution < -0.4 is 10.1 Å². The van der Waals surface area contributed by atoms with E-state index in [4.69, 9.17) is 14.6 Å². The van der Waals surface area contributed by atoms with Gasteiger partial charge in [0.2, 0.25) is 6.10 Å². The molecule has 2 heterocycles. The maximum atomic E-state index is 12.8. The third-order valence-corrected chi connectivity index (χ3v) is 8.46. The molecule has 1 amide bonds. The second-order valence-electron chi connectivity index (χ2n) is 9.79. The number of benzene rings is 1. The highest BCUT2D eigenvalue weighted by Crippen LogP contribution is 2.60. The molecule has 4 saturated carbocycles. The van der Waals surface area contributed by atoms with E-state index in [-0.39, 0.29) is 11.3 Å². The van der Waals surface area contributed by atoms with Gasteiger partial charge in [0.25, 0.3) is 5.91 Å². The molecule has 2 aromatic rings. The van der Waals surface area contributed by atoms with E-state index in [0.717, 1.165) is 34.8 Å². The highest BCUT2D eigenvalue weighted by molar-refractivity contribution is 7.14. The molecule has 6 nitrogen and oxygen atoms in total. The first-order valence-corrected chi connectivity index (χ1v) is 12.1. The number of carbonyl (C=O) groups is 1. The highest BCUT2D eigenvalue weighted by atomic mass is 32.1. The van der Waals surface area contributed by atoms with Gasteiger partial charge in [0.05, 0.1) is 18.5 Å². The summed E-state index contributed by atoms with van der Waals surface area (Å²) in [5.41, 5.74) is 3.17. The predicted octanol–water partition coefficient (Wildman–Crippen LogP) is 4.75. The van der Waals surface area contributed by atoms with E-state index in [1.165, 1.54) is 55.6 Å². The van der Waals surface area contributed by atoms with Crippen molar-refractivity contribution in [2.24, 2.45) is 22.9 Å². The van der Waals surface area contributed by atoms with Crippen LogP contribution >= 0.6 is 11.3 Å². The van der Waals surface area contributed by atoms with Crippen LogP contribution in [0.15, 0.2) is 34.8 Å². The van der Waals surface area contributed by atoms with Gasteiger partial charge in [0, 0.05) is 17.2 Å². The van der Waals surface area contributed by atoms with Crippen molar-refractivity contribution in [2.45, 2.75) is 56.5 Å². The molecule has 31 heavy (non-hydrogen) atoms. The monoisotopic (exact) mass is 437 g/mol. The molecule has 4 bridgehead atoms. The third kappa shape index (κ3) is 3.43. The summed E-state index contributed by atoms with van der Waals surface area (Å²) >= 11 is 1.54. The highest BCUT2D eigenvalue weighted by Gasteiger charge is 2.52. The second kappa shape index (κ2) is 7.33. The molecular formula is C24H27N3O3S. The van der Waals surface area contributed by atoms with Crippen molar-refractivity contribution in [1.29, 1.82) is 0 Å². The maximum absolute atomic E-state index is 12.8. The molecule has 7 rings (SSSR count). The van der Waals surface area contributed by atoms with E-state index in [2.05, 4.69) is 15.9 Å². The number of methoxy groups -OCH3 is 1. The number of thiazole rings is 1. The van der Waals surface area contributed by atoms with Gasteiger partial charge in [-0.2, -0.15) is 0 Å². The fraction of sp³-hybridized carbons (Fsp3) is 0.542. The fourth-order valence-electron chi connectivity index (χ4n) is 6.66. The summed E-state index contributed by atoms with van der Waals surface area (Å²) in [6.07, 6.45) is 7.92. The molecule has 0 spiro atoms. The van der Waals surface area contributed by atoms with Gasteiger partial charge in [-0.1, -0.05) is 5.16 Å². The fourth-order valence-corrected chi connectivity index (χ4v) is 7.49. The minimum atomic E-state index is -0.621. The van der Waals surface area contributed by atoms with Crippen LogP contribution in [-0.2, 0) is 15.0 Å². The molecule has 4 aliphatic carbocycles. The number of oxime groups is 1. The van der Waals surface area contributed by atoms with E-state index in [1.807, 2.05) is 24.3 Å². The normalized spacial score (nSPS) is 33.1. The molecule has 4 fully saturated rings. The van der Waals surface area contributed by atoms with Crippen LogP contribution in [0.25, 0.3) is 0 Å². The third-order valence-electron chi connectivity index (χ3n) is 7.70. The molecule has 0 radical (unpaired) electrons. The lowest BCUT2D eigenvalue weighted by Crippen LogP contribution is -2.48. The van der Waals surface area contributed by atoms with Crippen LogP contribution in [0.2, 0.25) is 0 Å². The van der Waals surface area contributed by atoms with E-state index in [1.54, 1.807) is 7.11 Å². The number of hydrogen-bond donors (Lipinski definition) is 1. The second-order valence-corrected chi connectivity index (χ2v) is 10.6. The molecule has 0 saturated heterocycles. The van der Waals surface area contributed by atoms with Crippen LogP contribution in [0.5, 0.6) is 5.75 Å². The van der Waals surface area contributed by atoms with E-state index in [0.29, 0.717) is 11.6 Å². The van der Waals surface area contributed by atoms with Gasteiger partial charge in [0.15, 0.2) is 5.13 Å². The Kier molecular flexibility index (Phi) is 4.56. The van der Waals surface area contributed by atoms with Gasteiger partial charge in [-0.15, -0.1) is 11.3 Å². The molecule has 1 unspecified atom stereocenters. The summed E-state index contributed by atoms with van der Waals surface area (Å²) in [4.78, 5) is 23.1. The Balaban J connectivity index is 1.11. The van der Waals surface area contributed by atoms with Crippen LogP contribution in [0.4, 0.5) is 5.13 Å². The van der Waals surface area contributed by atoms with Crippen LogP contribution in [0, 0.1) is 17.8 Å². The molecule has 1 aromatic heterocycles. The molecule has 7 heteroatoms. The van der Waals surface area contributed by atoms with Gasteiger partial charge >= 0.3 is 0 Å². The number of nitrogens with one attached hydrogen (secondary N) is 1. The Labute approximate surface area is 186 Å². The van der Waals surface area contributed by atoms with Gasteiger partial charge < -0.3 is 9.57 Å². The van der Waals surface area contributed by atoms with E-state index < -0.39 is 6.10 Å². The van der Waals surface area contributed by atoms with Crippen molar-refractivity contribution in [1.82, 2.24) is 4.98 Å². The maximum Gasteiger partial charge on any atom is 0.270 e. The van der Waals surface area contributed by atoms with Crippen molar-refractivity contribution >= 4 is 28.1 Å². The summed E-state index contributed by atoms with van der Waals surface area (Å²) in [7, 11) is 1.64. The van der Waals surface area contributed by atoms with Crippen molar-refractivity contribution < 1.29 is 14.4 Å². The first-order valence-electron chi connectivity index (χ1n) is 11.2. The SMILES string of the molecule is COc1ccc(C2=NOC(C(=O)Nc3nc(C45CC6CC(CC(C6)C4)C5)cs3)C2)cc1. The van der Waals surface area contributed by atoms with Gasteiger partial charge in [-0.05, 0) is 86.1 Å². The predicted molar refractivity (Wildman–Crippen MR) is 120 cm³/mol. The quantitative estimate of drug-likeness (QED) is 0.733. The lowest BCUT2D eigenvalue weighted by Gasteiger charge is -2.56. The molecule has 1 aromatic carbocycles. The number of rotatable bonds is 5. The number of carbonyl (C=O) groups excluding carboxylic acids is 1. The zero-order valence-electron chi connectivity index (χ0n) is 17.7. The molecule has 162 valence electrons. The standard InChI is InChI=1S/C24H27N3O3S/c1-29-18-4-2-17(3-5-18)19-9-20(30-27-19)22(28)26-23-25-21(13-31-23)24-10-14-6-15(11-24)8-16(7-14)12-24/h2-5,13-16,20H,6-12H2,1H3,(H,25,26,28). The zero-order chi connectivity index (χ0) is 21.0. The number of hydrogen-bond acceptors (Lipinski definition) is 6. The lowest BCUT2D eigenvalue weighted by molar-refractivity contribution is -0.125. The molecule has 1 aliphatic heterocycles. The van der Waals surface area contributed by atoms with E-state index in [9.17, 15) is 4.79 Å². The zero-order valence-corrected chi connectivity index (χ0v) is 18.5. The number of anilines is 1. The molecule has 5 aliphatic rings. The first kappa shape index (κ1) is 19.3. The summed E-state index contributed by atoms with van der Waals surface area (Å²) in [5, 5.41) is 9.97. The van der Waals surface area contributed by atoms with Crippen molar-refractivity contribution in [2.75, 3.05) is 12.4 Å². The number of ether oxygens (including phenoxy) is 1. The van der Waals surface area contributed by atoms with Crippen LogP contribution in [0.3, 0.4) is 0 Å². The summed E-state index contributed by atoms with van der Waals surface area (Å²) in [6.45, 7) is 0. The minimum absolute atomic E-state index is 0.182. The van der Waals surface area contributed by atoms with Crippen molar-refractivity contribution in [3.05, 3.63) is 40.9 Å². The average molecular weight is 438 g/mol. The van der Waals surface area contributed by atoms with Crippen LogP contribution in [0.1, 0.15) is 56.2 Å². The Morgan fingerprint density at radius 2 is 1.81 bits per heavy atom. The smallest absolute Gasteiger partial charge is 0.270 e. The Bertz CT molecular complexity index is 994. The van der Waals surface area contributed by atoms with Crippen molar-refractivity contribution in [3.63, 3.8) is 0 Å².